The Bertz CT molecular complexity index is 1120. The van der Waals surface area contributed by atoms with E-state index in [0.717, 1.165) is 22.3 Å². The van der Waals surface area contributed by atoms with Gasteiger partial charge in [-0.15, -0.1) is 10.2 Å². The number of hydrogen-bond donors (Lipinski definition) is 0. The number of thioether (sulfide) groups is 1. The molecule has 4 nitrogen and oxygen atoms in total. The Balaban J connectivity index is 1.56. The van der Waals surface area contributed by atoms with Crippen LogP contribution in [0.1, 0.15) is 16.4 Å². The molecule has 1 aliphatic carbocycles. The number of ether oxygens (including phenoxy) is 1. The van der Waals surface area contributed by atoms with E-state index < -0.39 is 0 Å². The lowest BCUT2D eigenvalue weighted by Gasteiger charge is -2.13. The number of benzene rings is 3. The molecule has 0 bridgehead atoms. The van der Waals surface area contributed by atoms with Gasteiger partial charge in [0.1, 0.15) is 5.75 Å². The fourth-order valence-electron chi connectivity index (χ4n) is 3.82. The molecule has 1 aliphatic rings. The summed E-state index contributed by atoms with van der Waals surface area (Å²) in [5.41, 5.74) is 6.22. The molecule has 1 aromatic heterocycles. The van der Waals surface area contributed by atoms with E-state index in [9.17, 15) is 0 Å². The minimum absolute atomic E-state index is 0.209. The zero-order valence-electron chi connectivity index (χ0n) is 15.7. The first-order chi connectivity index (χ1) is 13.8. The minimum Gasteiger partial charge on any atom is -0.496 e. The third-order valence-electron chi connectivity index (χ3n) is 5.18. The fourth-order valence-corrected chi connectivity index (χ4v) is 5.03. The van der Waals surface area contributed by atoms with Crippen molar-refractivity contribution >= 4 is 11.8 Å². The van der Waals surface area contributed by atoms with Gasteiger partial charge in [-0.1, -0.05) is 72.4 Å². The molecule has 0 radical (unpaired) electrons. The first-order valence-corrected chi connectivity index (χ1v) is 10.0. The van der Waals surface area contributed by atoms with E-state index in [4.69, 9.17) is 4.74 Å². The van der Waals surface area contributed by atoms with Gasteiger partial charge in [-0.2, -0.15) is 0 Å². The Hall–Kier alpha value is -3.05. The monoisotopic (exact) mass is 385 g/mol. The maximum atomic E-state index is 5.50. The van der Waals surface area contributed by atoms with E-state index in [0.29, 0.717) is 0 Å². The third-order valence-corrected chi connectivity index (χ3v) is 6.49. The number of fused-ring (bicyclic) bond motifs is 3. The van der Waals surface area contributed by atoms with Crippen molar-refractivity contribution in [3.05, 3.63) is 83.9 Å². The van der Waals surface area contributed by atoms with E-state index >= 15 is 0 Å². The molecule has 0 saturated carbocycles. The minimum atomic E-state index is 0.209. The van der Waals surface area contributed by atoms with Crippen LogP contribution in [0.25, 0.3) is 22.5 Å². The van der Waals surface area contributed by atoms with Crippen molar-refractivity contribution in [3.63, 3.8) is 0 Å². The van der Waals surface area contributed by atoms with Gasteiger partial charge in [0, 0.05) is 7.05 Å². The quantitative estimate of drug-likeness (QED) is 0.475. The molecule has 0 aliphatic heterocycles. The molecule has 1 heterocycles. The average Bonchev–Trinajstić information content (AvgIpc) is 3.27. The van der Waals surface area contributed by atoms with Crippen LogP contribution in [0.5, 0.6) is 5.75 Å². The predicted molar refractivity (Wildman–Crippen MR) is 113 cm³/mol. The van der Waals surface area contributed by atoms with Crippen molar-refractivity contribution in [3.8, 4) is 28.3 Å². The molecule has 138 valence electrons. The SMILES string of the molecule is COc1ccccc1-c1nnc(SC2c3ccccc3-c3ccccc32)n1C. The highest BCUT2D eigenvalue weighted by molar-refractivity contribution is 7.99. The smallest absolute Gasteiger partial charge is 0.192 e. The Morgan fingerprint density at radius 1 is 0.786 bits per heavy atom. The largest absolute Gasteiger partial charge is 0.496 e. The molecular weight excluding hydrogens is 366 g/mol. The van der Waals surface area contributed by atoms with Crippen LogP contribution in [0.2, 0.25) is 0 Å². The molecule has 5 rings (SSSR count). The van der Waals surface area contributed by atoms with Gasteiger partial charge in [0.25, 0.3) is 0 Å². The number of methoxy groups -OCH3 is 1. The highest BCUT2D eigenvalue weighted by Gasteiger charge is 2.30. The van der Waals surface area contributed by atoms with Gasteiger partial charge in [0.2, 0.25) is 0 Å². The summed E-state index contributed by atoms with van der Waals surface area (Å²) in [5.74, 6) is 1.60. The Kier molecular flexibility index (Phi) is 4.17. The first kappa shape index (κ1) is 17.1. The van der Waals surface area contributed by atoms with Crippen LogP contribution in [0.4, 0.5) is 0 Å². The lowest BCUT2D eigenvalue weighted by atomic mass is 10.1. The number of rotatable bonds is 4. The second-order valence-electron chi connectivity index (χ2n) is 6.74. The van der Waals surface area contributed by atoms with Crippen LogP contribution in [0.3, 0.4) is 0 Å². The van der Waals surface area contributed by atoms with Crippen molar-refractivity contribution in [1.29, 1.82) is 0 Å². The standard InChI is InChI=1S/C23H19N3OS/c1-26-22(19-13-7-8-14-20(19)27-2)24-25-23(26)28-21-17-11-5-3-9-15(17)16-10-4-6-12-18(16)21/h3-14,21H,1-2H3. The van der Waals surface area contributed by atoms with Crippen LogP contribution in [0.15, 0.2) is 78.0 Å². The van der Waals surface area contributed by atoms with E-state index in [1.807, 2.05) is 35.9 Å². The molecule has 28 heavy (non-hydrogen) atoms. The summed E-state index contributed by atoms with van der Waals surface area (Å²) >= 11 is 1.74. The lowest BCUT2D eigenvalue weighted by molar-refractivity contribution is 0.416. The molecule has 0 unspecified atom stereocenters. The topological polar surface area (TPSA) is 39.9 Å². The Labute approximate surface area is 168 Å². The normalized spacial score (nSPS) is 12.6. The summed E-state index contributed by atoms with van der Waals surface area (Å²) in [5, 5.41) is 10.1. The van der Waals surface area contributed by atoms with Gasteiger partial charge in [-0.3, -0.25) is 0 Å². The third kappa shape index (κ3) is 2.62. The number of nitrogens with zero attached hydrogens (tertiary/aromatic N) is 3. The average molecular weight is 385 g/mol. The van der Waals surface area contributed by atoms with E-state index in [1.165, 1.54) is 22.3 Å². The van der Waals surface area contributed by atoms with Crippen LogP contribution in [-0.4, -0.2) is 21.9 Å². The lowest BCUT2D eigenvalue weighted by Crippen LogP contribution is -1.99. The summed E-state index contributed by atoms with van der Waals surface area (Å²) in [6, 6.07) is 25.1. The van der Waals surface area contributed by atoms with Crippen LogP contribution in [0, 0.1) is 0 Å². The fraction of sp³-hybridized carbons (Fsp3) is 0.130. The van der Waals surface area contributed by atoms with Gasteiger partial charge < -0.3 is 9.30 Å². The van der Waals surface area contributed by atoms with Crippen molar-refractivity contribution < 1.29 is 4.74 Å². The molecular formula is C23H19N3OS. The molecule has 0 saturated heterocycles. The highest BCUT2D eigenvalue weighted by Crippen LogP contribution is 2.51. The van der Waals surface area contributed by atoms with Crippen molar-refractivity contribution in [2.24, 2.45) is 7.05 Å². The molecule has 0 amide bonds. The van der Waals surface area contributed by atoms with Gasteiger partial charge in [-0.25, -0.2) is 0 Å². The molecule has 5 heteroatoms. The highest BCUT2D eigenvalue weighted by atomic mass is 32.2. The zero-order chi connectivity index (χ0) is 19.1. The summed E-state index contributed by atoms with van der Waals surface area (Å²) in [7, 11) is 3.69. The van der Waals surface area contributed by atoms with Crippen molar-refractivity contribution in [2.75, 3.05) is 7.11 Å². The summed E-state index contributed by atoms with van der Waals surface area (Å²) in [4.78, 5) is 0. The maximum Gasteiger partial charge on any atom is 0.192 e. The summed E-state index contributed by atoms with van der Waals surface area (Å²) in [6.07, 6.45) is 0. The molecule has 0 atom stereocenters. The van der Waals surface area contributed by atoms with E-state index in [1.54, 1.807) is 18.9 Å². The number of aromatic nitrogens is 3. The second kappa shape index (κ2) is 6.84. The molecule has 4 aromatic rings. The van der Waals surface area contributed by atoms with Crippen LogP contribution in [-0.2, 0) is 7.05 Å². The van der Waals surface area contributed by atoms with E-state index in [-0.39, 0.29) is 5.25 Å². The van der Waals surface area contributed by atoms with Gasteiger partial charge in [-0.05, 0) is 34.4 Å². The summed E-state index contributed by atoms with van der Waals surface area (Å²) < 4.78 is 7.55. The molecule has 0 fully saturated rings. The first-order valence-electron chi connectivity index (χ1n) is 9.15. The van der Waals surface area contributed by atoms with Gasteiger partial charge in [0.05, 0.1) is 17.9 Å². The number of para-hydroxylation sites is 1. The maximum absolute atomic E-state index is 5.50. The van der Waals surface area contributed by atoms with Gasteiger partial charge in [0.15, 0.2) is 11.0 Å². The second-order valence-corrected chi connectivity index (χ2v) is 7.81. The Morgan fingerprint density at radius 3 is 2.00 bits per heavy atom. The van der Waals surface area contributed by atoms with Crippen LogP contribution >= 0.6 is 11.8 Å². The zero-order valence-corrected chi connectivity index (χ0v) is 16.5. The van der Waals surface area contributed by atoms with Gasteiger partial charge >= 0.3 is 0 Å². The van der Waals surface area contributed by atoms with Crippen molar-refractivity contribution in [1.82, 2.24) is 14.8 Å². The summed E-state index contributed by atoms with van der Waals surface area (Å²) in [6.45, 7) is 0. The van der Waals surface area contributed by atoms with Crippen molar-refractivity contribution in [2.45, 2.75) is 10.4 Å². The molecule has 0 spiro atoms. The molecule has 3 aromatic carbocycles. The number of hydrogen-bond acceptors (Lipinski definition) is 4. The Morgan fingerprint density at radius 2 is 1.36 bits per heavy atom. The van der Waals surface area contributed by atoms with E-state index in [2.05, 4.69) is 58.7 Å². The molecule has 0 N–H and O–H groups in total. The predicted octanol–water partition coefficient (Wildman–Crippen LogP) is 5.35. The van der Waals surface area contributed by atoms with Crippen LogP contribution < -0.4 is 4.74 Å².